The molecule has 0 aliphatic heterocycles. The minimum absolute atomic E-state index is 0.0452. The first kappa shape index (κ1) is 25.4. The highest BCUT2D eigenvalue weighted by molar-refractivity contribution is 8.76. The van der Waals surface area contributed by atoms with Gasteiger partial charge < -0.3 is 8.85 Å². The van der Waals surface area contributed by atoms with E-state index in [-0.39, 0.29) is 10.8 Å². The van der Waals surface area contributed by atoms with Crippen LogP contribution in [0, 0.1) is 0 Å². The van der Waals surface area contributed by atoms with E-state index >= 15 is 0 Å². The Morgan fingerprint density at radius 1 is 0.600 bits per heavy atom. The number of hydrogen-bond donors (Lipinski definition) is 0. The van der Waals surface area contributed by atoms with Crippen LogP contribution < -0.4 is 8.85 Å². The number of para-hydroxylation sites is 2. The van der Waals surface area contributed by atoms with Gasteiger partial charge in [-0.1, -0.05) is 65.8 Å². The molecule has 0 saturated carbocycles. The van der Waals surface area contributed by atoms with Gasteiger partial charge in [-0.2, -0.15) is 0 Å². The molecule has 0 N–H and O–H groups in total. The second kappa shape index (κ2) is 10.2. The first-order valence-corrected chi connectivity index (χ1v) is 18.5. The molecule has 0 aliphatic rings. The fraction of sp³-hybridized carbons (Fsp3) is 0.500. The van der Waals surface area contributed by atoms with Crippen molar-refractivity contribution in [1.29, 1.82) is 0 Å². The first-order valence-electron chi connectivity index (χ1n) is 10.8. The van der Waals surface area contributed by atoms with Crippen molar-refractivity contribution in [2.75, 3.05) is 0 Å². The summed E-state index contributed by atoms with van der Waals surface area (Å²) in [6.45, 7) is 22.4. The molecule has 6 heteroatoms. The van der Waals surface area contributed by atoms with E-state index in [4.69, 9.17) is 8.85 Å². The Balaban J connectivity index is 2.44. The van der Waals surface area contributed by atoms with Crippen molar-refractivity contribution in [3.63, 3.8) is 0 Å². The van der Waals surface area contributed by atoms with Gasteiger partial charge in [-0.25, -0.2) is 0 Å². The zero-order chi connectivity index (χ0) is 22.7. The largest absolute Gasteiger partial charge is 0.546 e. The lowest BCUT2D eigenvalue weighted by Gasteiger charge is -2.27. The van der Waals surface area contributed by atoms with Gasteiger partial charge in [-0.15, -0.1) is 0 Å². The lowest BCUT2D eigenvalue weighted by Crippen LogP contribution is -2.19. The molecular weight excluding hydrogens is 441 g/mol. The highest BCUT2D eigenvalue weighted by Gasteiger charge is 2.25. The molecule has 0 aromatic heterocycles. The van der Waals surface area contributed by atoms with Crippen molar-refractivity contribution in [2.24, 2.45) is 0 Å². The lowest BCUT2D eigenvalue weighted by molar-refractivity contribution is 0.509. The molecule has 0 fully saturated rings. The molecule has 0 amide bonds. The molecule has 0 radical (unpaired) electrons. The molecule has 2 rings (SSSR count). The summed E-state index contributed by atoms with van der Waals surface area (Å²) in [7, 11) is 1.11. The van der Waals surface area contributed by atoms with Crippen LogP contribution in [0.3, 0.4) is 0 Å². The number of benzene rings is 2. The van der Waals surface area contributed by atoms with Gasteiger partial charge in [0, 0.05) is 0 Å². The Bertz CT molecular complexity index is 782. The van der Waals surface area contributed by atoms with E-state index in [9.17, 15) is 0 Å². The van der Waals surface area contributed by atoms with Crippen molar-refractivity contribution in [3.05, 3.63) is 47.5 Å². The first-order chi connectivity index (χ1) is 13.8. The second-order valence-electron chi connectivity index (χ2n) is 10.3. The number of hydrogen-bond acceptors (Lipinski definition) is 4. The van der Waals surface area contributed by atoms with Gasteiger partial charge in [0.2, 0.25) is 18.1 Å². The summed E-state index contributed by atoms with van der Waals surface area (Å²) in [5.41, 5.74) is 2.65. The van der Waals surface area contributed by atoms with Crippen LogP contribution in [0.5, 0.6) is 11.5 Å². The smallest absolute Gasteiger partial charge is 0.229 e. The molecule has 0 atom stereocenters. The van der Waals surface area contributed by atoms with Crippen molar-refractivity contribution in [3.8, 4) is 11.5 Å². The number of rotatable bonds is 7. The molecule has 0 bridgehead atoms. The summed E-state index contributed by atoms with van der Waals surface area (Å²) in [6, 6.07) is 13.1. The predicted molar refractivity (Wildman–Crippen MR) is 141 cm³/mol. The van der Waals surface area contributed by atoms with Crippen LogP contribution in [0.15, 0.2) is 46.2 Å². The Morgan fingerprint density at radius 2 is 0.933 bits per heavy atom. The molecule has 30 heavy (non-hydrogen) atoms. The standard InChI is InChI=1S/C24H38O2S2Si2/c1-23(2,3)17-13-11-15-19(21(17)25-29(7)8)27-28-20-16-12-14-18(24(4,5)6)22(20)26-30(9)10/h11-16,29-30H,1-10H3. The molecule has 2 aromatic carbocycles. The van der Waals surface area contributed by atoms with Crippen LogP contribution in [-0.4, -0.2) is 18.1 Å². The minimum atomic E-state index is -1.23. The zero-order valence-electron chi connectivity index (χ0n) is 20.3. The molecule has 0 saturated heterocycles. The molecule has 0 spiro atoms. The maximum atomic E-state index is 6.44. The van der Waals surface area contributed by atoms with Crippen LogP contribution >= 0.6 is 21.6 Å². The Morgan fingerprint density at radius 3 is 1.20 bits per heavy atom. The van der Waals surface area contributed by atoms with E-state index in [2.05, 4.69) is 104 Å². The molecule has 0 unspecified atom stereocenters. The normalized spacial score (nSPS) is 12.5. The van der Waals surface area contributed by atoms with Crippen molar-refractivity contribution < 1.29 is 8.85 Å². The van der Waals surface area contributed by atoms with E-state index in [1.807, 2.05) is 0 Å². The summed E-state index contributed by atoms with van der Waals surface area (Å²) in [5.74, 6) is 2.13. The van der Waals surface area contributed by atoms with Crippen LogP contribution in [-0.2, 0) is 10.8 Å². The Labute approximate surface area is 195 Å². The molecule has 166 valence electrons. The van der Waals surface area contributed by atoms with E-state index in [1.54, 1.807) is 21.6 Å². The fourth-order valence-electron chi connectivity index (χ4n) is 3.15. The highest BCUT2D eigenvalue weighted by Crippen LogP contribution is 2.49. The third-order valence-electron chi connectivity index (χ3n) is 4.50. The van der Waals surface area contributed by atoms with E-state index in [0.717, 1.165) is 11.5 Å². The van der Waals surface area contributed by atoms with Crippen LogP contribution in [0.25, 0.3) is 0 Å². The molecule has 2 aromatic rings. The van der Waals surface area contributed by atoms with Gasteiger partial charge in [0.1, 0.15) is 11.5 Å². The second-order valence-corrected chi connectivity index (χ2v) is 17.1. The predicted octanol–water partition coefficient (Wildman–Crippen LogP) is 7.81. The van der Waals surface area contributed by atoms with E-state index < -0.39 is 18.1 Å². The van der Waals surface area contributed by atoms with Gasteiger partial charge in [0.25, 0.3) is 0 Å². The summed E-state index contributed by atoms with van der Waals surface area (Å²) in [4.78, 5) is 2.39. The van der Waals surface area contributed by atoms with Crippen molar-refractivity contribution >= 4 is 39.7 Å². The van der Waals surface area contributed by atoms with Crippen LogP contribution in [0.1, 0.15) is 52.7 Å². The van der Waals surface area contributed by atoms with Gasteiger partial charge in [-0.3, -0.25) is 0 Å². The quantitative estimate of drug-likeness (QED) is 0.298. The van der Waals surface area contributed by atoms with Gasteiger partial charge in [0.15, 0.2) is 0 Å². The molecule has 0 aliphatic carbocycles. The molecule has 2 nitrogen and oxygen atoms in total. The van der Waals surface area contributed by atoms with E-state index in [0.29, 0.717) is 0 Å². The van der Waals surface area contributed by atoms with Crippen LogP contribution in [0.2, 0.25) is 26.2 Å². The summed E-state index contributed by atoms with van der Waals surface area (Å²) < 4.78 is 12.9. The van der Waals surface area contributed by atoms with Crippen molar-refractivity contribution in [2.45, 2.75) is 88.4 Å². The summed E-state index contributed by atoms with van der Waals surface area (Å²) >= 11 is 0. The average Bonchev–Trinajstić information content (AvgIpc) is 2.58. The third-order valence-corrected chi connectivity index (χ3v) is 8.33. The minimum Gasteiger partial charge on any atom is -0.546 e. The van der Waals surface area contributed by atoms with Crippen LogP contribution in [0.4, 0.5) is 0 Å². The SMILES string of the molecule is C[SiH](C)Oc1c(SSc2cccc(C(C)(C)C)c2O[SiH](C)C)cccc1C(C)(C)C. The molecule has 0 heterocycles. The Hall–Kier alpha value is -0.826. The maximum Gasteiger partial charge on any atom is 0.229 e. The summed E-state index contributed by atoms with van der Waals surface area (Å²) in [5, 5.41) is 0. The fourth-order valence-corrected chi connectivity index (χ4v) is 7.01. The van der Waals surface area contributed by atoms with E-state index in [1.165, 1.54) is 20.9 Å². The van der Waals surface area contributed by atoms with Gasteiger partial charge in [0.05, 0.1) is 9.79 Å². The third kappa shape index (κ3) is 6.84. The topological polar surface area (TPSA) is 18.5 Å². The van der Waals surface area contributed by atoms with Crippen molar-refractivity contribution in [1.82, 2.24) is 0 Å². The maximum absolute atomic E-state index is 6.44. The Kier molecular flexibility index (Phi) is 8.64. The highest BCUT2D eigenvalue weighted by atomic mass is 33.1. The zero-order valence-corrected chi connectivity index (χ0v) is 24.2. The summed E-state index contributed by atoms with van der Waals surface area (Å²) in [6.07, 6.45) is 0. The van der Waals surface area contributed by atoms with Gasteiger partial charge in [-0.05, 0) is 81.9 Å². The average molecular weight is 479 g/mol. The molecular formula is C24H38O2S2Si2. The monoisotopic (exact) mass is 478 g/mol. The van der Waals surface area contributed by atoms with Gasteiger partial charge >= 0.3 is 0 Å². The lowest BCUT2D eigenvalue weighted by atomic mass is 9.86.